The second-order valence-corrected chi connectivity index (χ2v) is 5.24. The molecule has 4 nitrogen and oxygen atoms in total. The van der Waals surface area contributed by atoms with E-state index in [0.717, 1.165) is 31.4 Å². The Bertz CT molecular complexity index is 541. The zero-order valence-corrected chi connectivity index (χ0v) is 10.8. The summed E-state index contributed by atoms with van der Waals surface area (Å²) < 4.78 is 25.8. The predicted molar refractivity (Wildman–Crippen MR) is 67.2 cm³/mol. The quantitative estimate of drug-likeness (QED) is 0.871. The maximum absolute atomic E-state index is 13.0. The monoisotopic (exact) mass is 283 g/mol. The highest BCUT2D eigenvalue weighted by atomic mass is 19.2. The lowest BCUT2D eigenvalue weighted by molar-refractivity contribution is -0.141. The Balaban J connectivity index is 1.97. The number of carbonyl (C=O) groups is 2. The van der Waals surface area contributed by atoms with Gasteiger partial charge in [0.05, 0.1) is 6.42 Å². The minimum atomic E-state index is -1.08. The van der Waals surface area contributed by atoms with Gasteiger partial charge in [0.15, 0.2) is 11.6 Å². The third-order valence-electron chi connectivity index (χ3n) is 3.75. The highest BCUT2D eigenvalue weighted by Gasteiger charge is 2.39. The van der Waals surface area contributed by atoms with Crippen molar-refractivity contribution in [3.8, 4) is 0 Å². The van der Waals surface area contributed by atoms with Crippen molar-refractivity contribution in [2.45, 2.75) is 25.7 Å². The zero-order valence-electron chi connectivity index (χ0n) is 10.8. The predicted octanol–water partition coefficient (Wildman–Crippen LogP) is 2.34. The SMILES string of the molecule is O=C(O)CC1(CNC(=O)c2ccc(F)c(F)c2)CCC1. The lowest BCUT2D eigenvalue weighted by atomic mass is 9.66. The van der Waals surface area contributed by atoms with Gasteiger partial charge in [-0.25, -0.2) is 8.78 Å². The Morgan fingerprint density at radius 1 is 1.25 bits per heavy atom. The average molecular weight is 283 g/mol. The number of carboxylic acid groups (broad SMARTS) is 1. The first-order chi connectivity index (χ1) is 9.42. The molecule has 0 unspecified atom stereocenters. The van der Waals surface area contributed by atoms with Crippen LogP contribution in [0.2, 0.25) is 0 Å². The minimum absolute atomic E-state index is 0.00502. The van der Waals surface area contributed by atoms with E-state index in [-0.39, 0.29) is 18.5 Å². The van der Waals surface area contributed by atoms with Crippen molar-refractivity contribution >= 4 is 11.9 Å². The van der Waals surface area contributed by atoms with Gasteiger partial charge in [-0.05, 0) is 36.5 Å². The first kappa shape index (κ1) is 14.4. The number of carbonyl (C=O) groups excluding carboxylic acids is 1. The molecule has 0 atom stereocenters. The third kappa shape index (κ3) is 3.12. The van der Waals surface area contributed by atoms with Crippen LogP contribution in [0.3, 0.4) is 0 Å². The second-order valence-electron chi connectivity index (χ2n) is 5.24. The van der Waals surface area contributed by atoms with E-state index in [1.165, 1.54) is 6.07 Å². The molecule has 0 aliphatic heterocycles. The summed E-state index contributed by atoms with van der Waals surface area (Å²) in [5, 5.41) is 11.5. The number of halogens is 2. The van der Waals surface area contributed by atoms with Crippen molar-refractivity contribution in [1.82, 2.24) is 5.32 Å². The van der Waals surface area contributed by atoms with Crippen LogP contribution >= 0.6 is 0 Å². The minimum Gasteiger partial charge on any atom is -0.481 e. The molecule has 1 fully saturated rings. The number of nitrogens with one attached hydrogen (secondary N) is 1. The highest BCUT2D eigenvalue weighted by molar-refractivity contribution is 5.94. The van der Waals surface area contributed by atoms with E-state index >= 15 is 0 Å². The van der Waals surface area contributed by atoms with Gasteiger partial charge < -0.3 is 10.4 Å². The molecule has 0 spiro atoms. The standard InChI is InChI=1S/C14H15F2NO3/c15-10-3-2-9(6-11(10)16)13(20)17-8-14(4-1-5-14)7-12(18)19/h2-3,6H,1,4-5,7-8H2,(H,17,20)(H,18,19). The maximum atomic E-state index is 13.0. The van der Waals surface area contributed by atoms with E-state index in [1.54, 1.807) is 0 Å². The summed E-state index contributed by atoms with van der Waals surface area (Å²) in [5.41, 5.74) is -0.381. The highest BCUT2D eigenvalue weighted by Crippen LogP contribution is 2.43. The molecular formula is C14H15F2NO3. The summed E-state index contributed by atoms with van der Waals surface area (Å²) >= 11 is 0. The number of benzene rings is 1. The van der Waals surface area contributed by atoms with Crippen LogP contribution < -0.4 is 5.32 Å². The van der Waals surface area contributed by atoms with Crippen LogP contribution in [0.4, 0.5) is 8.78 Å². The molecule has 2 rings (SSSR count). The van der Waals surface area contributed by atoms with E-state index in [4.69, 9.17) is 5.11 Å². The normalized spacial score (nSPS) is 16.3. The van der Waals surface area contributed by atoms with E-state index in [2.05, 4.69) is 5.32 Å². The molecule has 1 aromatic rings. The molecule has 0 radical (unpaired) electrons. The van der Waals surface area contributed by atoms with Crippen molar-refractivity contribution in [2.24, 2.45) is 5.41 Å². The molecule has 108 valence electrons. The van der Waals surface area contributed by atoms with Crippen molar-refractivity contribution in [1.29, 1.82) is 0 Å². The fourth-order valence-corrected chi connectivity index (χ4v) is 2.42. The van der Waals surface area contributed by atoms with Crippen molar-refractivity contribution in [3.63, 3.8) is 0 Å². The number of aliphatic carboxylic acids is 1. The van der Waals surface area contributed by atoms with Crippen molar-refractivity contribution in [2.75, 3.05) is 6.54 Å². The first-order valence-corrected chi connectivity index (χ1v) is 6.37. The van der Waals surface area contributed by atoms with Gasteiger partial charge >= 0.3 is 5.97 Å². The topological polar surface area (TPSA) is 66.4 Å². The molecule has 6 heteroatoms. The largest absolute Gasteiger partial charge is 0.481 e. The summed E-state index contributed by atoms with van der Waals surface area (Å²) in [7, 11) is 0. The van der Waals surface area contributed by atoms with Crippen LogP contribution in [-0.2, 0) is 4.79 Å². The molecule has 1 amide bonds. The molecule has 1 aliphatic carbocycles. The Hall–Kier alpha value is -1.98. The van der Waals surface area contributed by atoms with Crippen LogP contribution in [0.25, 0.3) is 0 Å². The number of hydrogen-bond acceptors (Lipinski definition) is 2. The smallest absolute Gasteiger partial charge is 0.303 e. The van der Waals surface area contributed by atoms with E-state index in [9.17, 15) is 18.4 Å². The van der Waals surface area contributed by atoms with E-state index < -0.39 is 28.9 Å². The molecule has 0 aromatic heterocycles. The van der Waals surface area contributed by atoms with Gasteiger partial charge in [0.2, 0.25) is 0 Å². The first-order valence-electron chi connectivity index (χ1n) is 6.37. The number of carboxylic acids is 1. The summed E-state index contributed by atoms with van der Waals surface area (Å²) in [6, 6.07) is 2.91. The van der Waals surface area contributed by atoms with Crippen molar-refractivity contribution in [3.05, 3.63) is 35.4 Å². The Labute approximate surface area is 114 Å². The van der Waals surface area contributed by atoms with E-state index in [0.29, 0.717) is 0 Å². The maximum Gasteiger partial charge on any atom is 0.303 e. The number of amides is 1. The van der Waals surface area contributed by atoms with Crippen LogP contribution in [0.1, 0.15) is 36.0 Å². The van der Waals surface area contributed by atoms with Crippen LogP contribution in [0.5, 0.6) is 0 Å². The van der Waals surface area contributed by atoms with E-state index in [1.807, 2.05) is 0 Å². The number of rotatable bonds is 5. The van der Waals surface area contributed by atoms with Gasteiger partial charge in [0, 0.05) is 12.1 Å². The Morgan fingerprint density at radius 2 is 1.95 bits per heavy atom. The molecule has 1 aliphatic rings. The van der Waals surface area contributed by atoms with Gasteiger partial charge in [0.1, 0.15) is 0 Å². The average Bonchev–Trinajstić information content (AvgIpc) is 2.35. The summed E-state index contributed by atoms with van der Waals surface area (Å²) in [4.78, 5) is 22.6. The summed E-state index contributed by atoms with van der Waals surface area (Å²) in [5.74, 6) is -3.52. The van der Waals surface area contributed by atoms with Gasteiger partial charge in [-0.3, -0.25) is 9.59 Å². The number of hydrogen-bond donors (Lipinski definition) is 2. The van der Waals surface area contributed by atoms with Crippen molar-refractivity contribution < 1.29 is 23.5 Å². The third-order valence-corrected chi connectivity index (χ3v) is 3.75. The molecule has 0 saturated heterocycles. The van der Waals surface area contributed by atoms with Gasteiger partial charge in [-0.1, -0.05) is 6.42 Å². The Kier molecular flexibility index (Phi) is 4.01. The second kappa shape index (κ2) is 5.56. The molecule has 1 aromatic carbocycles. The molecule has 1 saturated carbocycles. The lowest BCUT2D eigenvalue weighted by Gasteiger charge is -2.40. The fraction of sp³-hybridized carbons (Fsp3) is 0.429. The lowest BCUT2D eigenvalue weighted by Crippen LogP contribution is -2.43. The van der Waals surface area contributed by atoms with Gasteiger partial charge in [-0.15, -0.1) is 0 Å². The van der Waals surface area contributed by atoms with Gasteiger partial charge in [0.25, 0.3) is 5.91 Å². The summed E-state index contributed by atoms with van der Waals surface area (Å²) in [6.07, 6.45) is 2.44. The van der Waals surface area contributed by atoms with Crippen LogP contribution in [-0.4, -0.2) is 23.5 Å². The van der Waals surface area contributed by atoms with Crippen LogP contribution in [0.15, 0.2) is 18.2 Å². The molecule has 0 bridgehead atoms. The molecule has 2 N–H and O–H groups in total. The fourth-order valence-electron chi connectivity index (χ4n) is 2.42. The Morgan fingerprint density at radius 3 is 2.45 bits per heavy atom. The molecule has 20 heavy (non-hydrogen) atoms. The zero-order chi connectivity index (χ0) is 14.8. The van der Waals surface area contributed by atoms with Crippen LogP contribution in [0, 0.1) is 17.0 Å². The van der Waals surface area contributed by atoms with Gasteiger partial charge in [-0.2, -0.15) is 0 Å². The molecular weight excluding hydrogens is 268 g/mol. The summed E-state index contributed by atoms with van der Waals surface area (Å²) in [6.45, 7) is 0.233. The molecule has 0 heterocycles.